The van der Waals surface area contributed by atoms with E-state index in [0.29, 0.717) is 36.2 Å². The van der Waals surface area contributed by atoms with Crippen LogP contribution in [-0.4, -0.2) is 23.5 Å². The SMILES string of the molecule is CCC(=O)NC(C)c1ccc(NC(=O)NCCc2cccnc2)cc1C#Cc1ccc(F)cc1. The molecule has 0 saturated carbocycles. The van der Waals surface area contributed by atoms with Crippen molar-refractivity contribution >= 4 is 17.6 Å². The van der Waals surface area contributed by atoms with Crippen LogP contribution in [0.5, 0.6) is 0 Å². The molecule has 0 bridgehead atoms. The van der Waals surface area contributed by atoms with Crippen LogP contribution in [0.15, 0.2) is 67.0 Å². The number of hydrogen-bond donors (Lipinski definition) is 3. The lowest BCUT2D eigenvalue weighted by molar-refractivity contribution is -0.121. The van der Waals surface area contributed by atoms with Gasteiger partial charge in [-0.15, -0.1) is 0 Å². The van der Waals surface area contributed by atoms with Gasteiger partial charge in [0, 0.05) is 42.2 Å². The summed E-state index contributed by atoms with van der Waals surface area (Å²) < 4.78 is 13.2. The first-order chi connectivity index (χ1) is 16.4. The van der Waals surface area contributed by atoms with E-state index in [2.05, 4.69) is 32.8 Å². The number of amides is 3. The van der Waals surface area contributed by atoms with Gasteiger partial charge < -0.3 is 16.0 Å². The summed E-state index contributed by atoms with van der Waals surface area (Å²) >= 11 is 0. The Morgan fingerprint density at radius 3 is 2.59 bits per heavy atom. The number of halogens is 1. The molecule has 2 aromatic carbocycles. The second kappa shape index (κ2) is 12.2. The lowest BCUT2D eigenvalue weighted by Gasteiger charge is -2.17. The molecule has 1 unspecified atom stereocenters. The van der Waals surface area contributed by atoms with E-state index in [9.17, 15) is 14.0 Å². The number of aromatic nitrogens is 1. The topological polar surface area (TPSA) is 83.1 Å². The monoisotopic (exact) mass is 458 g/mol. The standard InChI is InChI=1S/C27H27FN4O2/c1-3-26(33)31-19(2)25-13-12-24(17-22(25)9-6-20-7-10-23(28)11-8-20)32-27(34)30-16-14-21-5-4-15-29-18-21/h4-5,7-8,10-13,15,17-19H,3,14,16H2,1-2H3,(H,31,33)(H2,30,32,34). The third-order valence-corrected chi connectivity index (χ3v) is 5.08. The lowest BCUT2D eigenvalue weighted by Crippen LogP contribution is -2.30. The Labute approximate surface area is 199 Å². The van der Waals surface area contributed by atoms with Gasteiger partial charge in [-0.3, -0.25) is 9.78 Å². The quantitative estimate of drug-likeness (QED) is 0.454. The number of urea groups is 1. The van der Waals surface area contributed by atoms with Crippen molar-refractivity contribution in [1.82, 2.24) is 15.6 Å². The molecule has 3 aromatic rings. The zero-order valence-corrected chi connectivity index (χ0v) is 19.2. The van der Waals surface area contributed by atoms with E-state index >= 15 is 0 Å². The van der Waals surface area contributed by atoms with Gasteiger partial charge in [-0.1, -0.05) is 30.9 Å². The fourth-order valence-electron chi connectivity index (χ4n) is 3.26. The van der Waals surface area contributed by atoms with E-state index in [1.807, 2.05) is 25.1 Å². The average molecular weight is 459 g/mol. The Kier molecular flexibility index (Phi) is 8.75. The first-order valence-corrected chi connectivity index (χ1v) is 11.1. The highest BCUT2D eigenvalue weighted by Gasteiger charge is 2.13. The first kappa shape index (κ1) is 24.5. The maximum Gasteiger partial charge on any atom is 0.319 e. The van der Waals surface area contributed by atoms with Gasteiger partial charge in [-0.2, -0.15) is 0 Å². The largest absolute Gasteiger partial charge is 0.350 e. The molecule has 3 amide bonds. The zero-order chi connectivity index (χ0) is 24.3. The van der Waals surface area contributed by atoms with Crippen LogP contribution < -0.4 is 16.0 Å². The van der Waals surface area contributed by atoms with Gasteiger partial charge in [0.05, 0.1) is 6.04 Å². The molecule has 6 nitrogen and oxygen atoms in total. The third-order valence-electron chi connectivity index (χ3n) is 5.08. The van der Waals surface area contributed by atoms with Crippen LogP contribution in [0, 0.1) is 17.7 Å². The number of pyridine rings is 1. The van der Waals surface area contributed by atoms with Gasteiger partial charge in [-0.05, 0) is 66.9 Å². The summed E-state index contributed by atoms with van der Waals surface area (Å²) in [5.74, 6) is 5.72. The number of nitrogens with zero attached hydrogens (tertiary/aromatic N) is 1. The molecule has 0 radical (unpaired) electrons. The summed E-state index contributed by atoms with van der Waals surface area (Å²) in [5, 5.41) is 8.58. The highest BCUT2D eigenvalue weighted by molar-refractivity contribution is 5.89. The minimum Gasteiger partial charge on any atom is -0.350 e. The molecule has 3 rings (SSSR count). The van der Waals surface area contributed by atoms with Crippen LogP contribution in [0.1, 0.15) is 48.6 Å². The summed E-state index contributed by atoms with van der Waals surface area (Å²) in [6.07, 6.45) is 4.52. The third kappa shape index (κ3) is 7.45. The van der Waals surface area contributed by atoms with E-state index < -0.39 is 0 Å². The van der Waals surface area contributed by atoms with Gasteiger partial charge in [0.1, 0.15) is 5.82 Å². The van der Waals surface area contributed by atoms with Crippen LogP contribution in [0.3, 0.4) is 0 Å². The van der Waals surface area contributed by atoms with Crippen molar-refractivity contribution in [3.8, 4) is 11.8 Å². The molecule has 0 spiro atoms. The number of nitrogens with one attached hydrogen (secondary N) is 3. The number of rotatable bonds is 7. The Balaban J connectivity index is 1.75. The minimum atomic E-state index is -0.332. The van der Waals surface area contributed by atoms with Crippen molar-refractivity contribution < 1.29 is 14.0 Å². The summed E-state index contributed by atoms with van der Waals surface area (Å²) in [4.78, 5) is 28.3. The molecule has 0 fully saturated rings. The van der Waals surface area contributed by atoms with Gasteiger partial charge in [0.2, 0.25) is 5.91 Å². The number of benzene rings is 2. The van der Waals surface area contributed by atoms with Crippen molar-refractivity contribution in [2.75, 3.05) is 11.9 Å². The molecular formula is C27H27FN4O2. The number of carbonyl (C=O) groups is 2. The summed E-state index contributed by atoms with van der Waals surface area (Å²) in [6.45, 7) is 4.13. The number of carbonyl (C=O) groups excluding carboxylic acids is 2. The van der Waals surface area contributed by atoms with Crippen molar-refractivity contribution in [3.63, 3.8) is 0 Å². The van der Waals surface area contributed by atoms with E-state index in [1.54, 1.807) is 43.6 Å². The maximum absolute atomic E-state index is 13.2. The number of anilines is 1. The second-order valence-corrected chi connectivity index (χ2v) is 7.69. The second-order valence-electron chi connectivity index (χ2n) is 7.69. The molecule has 3 N–H and O–H groups in total. The Hall–Kier alpha value is -4.18. The van der Waals surface area contributed by atoms with Crippen LogP contribution in [-0.2, 0) is 11.2 Å². The Morgan fingerprint density at radius 1 is 1.09 bits per heavy atom. The smallest absolute Gasteiger partial charge is 0.319 e. The molecule has 7 heteroatoms. The minimum absolute atomic E-state index is 0.0693. The van der Waals surface area contributed by atoms with Crippen molar-refractivity contribution in [2.24, 2.45) is 0 Å². The molecule has 1 aromatic heterocycles. The molecule has 1 heterocycles. The molecule has 0 saturated heterocycles. The Morgan fingerprint density at radius 2 is 1.88 bits per heavy atom. The van der Waals surface area contributed by atoms with Crippen LogP contribution >= 0.6 is 0 Å². The average Bonchev–Trinajstić information content (AvgIpc) is 2.84. The predicted molar refractivity (Wildman–Crippen MR) is 131 cm³/mol. The fraction of sp³-hybridized carbons (Fsp3) is 0.222. The summed E-state index contributed by atoms with van der Waals surface area (Å²) in [5.41, 5.74) is 3.73. The molecule has 0 aliphatic heterocycles. The molecule has 34 heavy (non-hydrogen) atoms. The molecule has 0 aliphatic rings. The number of hydrogen-bond acceptors (Lipinski definition) is 3. The van der Waals surface area contributed by atoms with Crippen LogP contribution in [0.4, 0.5) is 14.9 Å². The van der Waals surface area contributed by atoms with Gasteiger partial charge >= 0.3 is 6.03 Å². The predicted octanol–water partition coefficient (Wildman–Crippen LogP) is 4.57. The van der Waals surface area contributed by atoms with Crippen molar-refractivity contribution in [3.05, 3.63) is 95.1 Å². The highest BCUT2D eigenvalue weighted by atomic mass is 19.1. The van der Waals surface area contributed by atoms with Gasteiger partial charge in [0.25, 0.3) is 0 Å². The summed E-state index contributed by atoms with van der Waals surface area (Å²) in [7, 11) is 0. The van der Waals surface area contributed by atoms with Gasteiger partial charge in [0.15, 0.2) is 0 Å². The maximum atomic E-state index is 13.2. The molecule has 0 aliphatic carbocycles. The molecule has 1 atom stereocenters. The first-order valence-electron chi connectivity index (χ1n) is 11.1. The van der Waals surface area contributed by atoms with Crippen LogP contribution in [0.25, 0.3) is 0 Å². The van der Waals surface area contributed by atoms with Crippen molar-refractivity contribution in [2.45, 2.75) is 32.7 Å². The lowest BCUT2D eigenvalue weighted by atomic mass is 10.00. The molecular weight excluding hydrogens is 431 g/mol. The zero-order valence-electron chi connectivity index (χ0n) is 19.2. The van der Waals surface area contributed by atoms with Crippen molar-refractivity contribution in [1.29, 1.82) is 0 Å². The fourth-order valence-corrected chi connectivity index (χ4v) is 3.26. The van der Waals surface area contributed by atoms with E-state index in [-0.39, 0.29) is 23.8 Å². The normalized spacial score (nSPS) is 11.0. The molecule has 174 valence electrons. The summed E-state index contributed by atoms with van der Waals surface area (Å²) in [6, 6.07) is 14.5. The van der Waals surface area contributed by atoms with Crippen LogP contribution in [0.2, 0.25) is 0 Å². The van der Waals surface area contributed by atoms with Gasteiger partial charge in [-0.25, -0.2) is 9.18 Å². The Bertz CT molecular complexity index is 1180. The highest BCUT2D eigenvalue weighted by Crippen LogP contribution is 2.22. The van der Waals surface area contributed by atoms with E-state index in [1.165, 1.54) is 12.1 Å². The van der Waals surface area contributed by atoms with E-state index in [0.717, 1.165) is 11.1 Å². The van der Waals surface area contributed by atoms with E-state index in [4.69, 9.17) is 0 Å².